The Bertz CT molecular complexity index is 1160. The highest BCUT2D eigenvalue weighted by molar-refractivity contribution is 6.29. The Hall–Kier alpha value is -2.68. The third-order valence-corrected chi connectivity index (χ3v) is 5.05. The SMILES string of the molecule is FC(F)(F)Cn1ncc2ccc([C@H]3C[C@@H]3c3cc(Cl)nn4ncnc34)cc21. The lowest BCUT2D eigenvalue weighted by atomic mass is 10.0. The van der Waals surface area contributed by atoms with Crippen LogP contribution in [0, 0.1) is 0 Å². The Labute approximate surface area is 155 Å². The highest BCUT2D eigenvalue weighted by Gasteiger charge is 2.41. The summed E-state index contributed by atoms with van der Waals surface area (Å²) < 4.78 is 40.7. The van der Waals surface area contributed by atoms with Gasteiger partial charge < -0.3 is 0 Å². The summed E-state index contributed by atoms with van der Waals surface area (Å²) in [5, 5.41) is 13.0. The smallest absolute Gasteiger partial charge is 0.256 e. The number of rotatable bonds is 3. The van der Waals surface area contributed by atoms with Gasteiger partial charge in [0.1, 0.15) is 12.9 Å². The minimum Gasteiger partial charge on any atom is -0.256 e. The molecule has 0 spiro atoms. The number of halogens is 4. The van der Waals surface area contributed by atoms with Gasteiger partial charge in [0.25, 0.3) is 0 Å². The van der Waals surface area contributed by atoms with Gasteiger partial charge in [-0.15, -0.1) is 14.8 Å². The molecule has 0 amide bonds. The molecule has 2 atom stereocenters. The van der Waals surface area contributed by atoms with Gasteiger partial charge in [-0.05, 0) is 36.0 Å². The van der Waals surface area contributed by atoms with Crippen molar-refractivity contribution in [3.8, 4) is 0 Å². The van der Waals surface area contributed by atoms with E-state index in [2.05, 4.69) is 20.3 Å². The average molecular weight is 393 g/mol. The fourth-order valence-electron chi connectivity index (χ4n) is 3.61. The summed E-state index contributed by atoms with van der Waals surface area (Å²) >= 11 is 6.07. The highest BCUT2D eigenvalue weighted by atomic mass is 35.5. The van der Waals surface area contributed by atoms with Crippen LogP contribution >= 0.6 is 11.6 Å². The first kappa shape index (κ1) is 16.5. The van der Waals surface area contributed by atoms with E-state index in [-0.39, 0.29) is 11.8 Å². The molecule has 0 aliphatic heterocycles. The molecule has 0 saturated heterocycles. The Morgan fingerprint density at radius 3 is 2.81 bits per heavy atom. The lowest BCUT2D eigenvalue weighted by Gasteiger charge is -2.08. The van der Waals surface area contributed by atoms with E-state index in [0.717, 1.165) is 22.2 Å². The van der Waals surface area contributed by atoms with E-state index in [4.69, 9.17) is 11.6 Å². The first-order valence-electron chi connectivity index (χ1n) is 8.28. The number of alkyl halides is 3. The van der Waals surface area contributed by atoms with Gasteiger partial charge in [-0.25, -0.2) is 4.98 Å². The van der Waals surface area contributed by atoms with Crippen LogP contribution in [0.1, 0.15) is 29.4 Å². The second-order valence-electron chi connectivity index (χ2n) is 6.68. The van der Waals surface area contributed by atoms with Crippen LogP contribution < -0.4 is 0 Å². The summed E-state index contributed by atoms with van der Waals surface area (Å²) in [6, 6.07) is 7.33. The summed E-state index contributed by atoms with van der Waals surface area (Å²) in [5.41, 5.74) is 3.05. The minimum absolute atomic E-state index is 0.175. The third kappa shape index (κ3) is 2.91. The van der Waals surface area contributed by atoms with E-state index < -0.39 is 12.7 Å². The van der Waals surface area contributed by atoms with Gasteiger partial charge in [-0.3, -0.25) is 4.68 Å². The van der Waals surface area contributed by atoms with Crippen LogP contribution in [0.25, 0.3) is 16.6 Å². The molecule has 0 unspecified atom stereocenters. The maximum atomic E-state index is 12.8. The number of fused-ring (bicyclic) bond motifs is 2. The number of hydrogen-bond donors (Lipinski definition) is 0. The molecule has 4 aromatic rings. The standard InChI is InChI=1S/C17H12ClF3N6/c18-15-5-13(16-22-8-24-27(16)25-15)12-4-11(12)9-1-2-10-6-23-26(14(10)3-9)7-17(19,20)21/h1-3,5-6,8,11-12H,4,7H2/t11-,12+/m1/s1. The fourth-order valence-corrected chi connectivity index (χ4v) is 3.79. The molecule has 6 nitrogen and oxygen atoms in total. The zero-order valence-corrected chi connectivity index (χ0v) is 14.5. The second kappa shape index (κ2) is 5.66. The van der Waals surface area contributed by atoms with E-state index in [9.17, 15) is 13.2 Å². The van der Waals surface area contributed by atoms with Crippen molar-refractivity contribution in [3.63, 3.8) is 0 Å². The highest BCUT2D eigenvalue weighted by Crippen LogP contribution is 2.55. The largest absolute Gasteiger partial charge is 0.408 e. The summed E-state index contributed by atoms with van der Waals surface area (Å²) in [7, 11) is 0. The molecule has 0 bridgehead atoms. The monoisotopic (exact) mass is 392 g/mol. The Morgan fingerprint density at radius 1 is 1.15 bits per heavy atom. The van der Waals surface area contributed by atoms with Gasteiger partial charge in [0.15, 0.2) is 10.8 Å². The lowest BCUT2D eigenvalue weighted by molar-refractivity contribution is -0.141. The third-order valence-electron chi connectivity index (χ3n) is 4.87. The van der Waals surface area contributed by atoms with Gasteiger partial charge in [0.2, 0.25) is 0 Å². The Balaban J connectivity index is 1.50. The first-order valence-corrected chi connectivity index (χ1v) is 8.65. The van der Waals surface area contributed by atoms with Crippen LogP contribution in [-0.2, 0) is 6.54 Å². The quantitative estimate of drug-likeness (QED) is 0.529. The Kier molecular flexibility index (Phi) is 3.45. The van der Waals surface area contributed by atoms with Crippen LogP contribution in [0.4, 0.5) is 13.2 Å². The predicted octanol–water partition coefficient (Wildman–Crippen LogP) is 3.96. The Morgan fingerprint density at radius 2 is 2.00 bits per heavy atom. The van der Waals surface area contributed by atoms with Crippen LogP contribution in [0.5, 0.6) is 0 Å². The molecule has 138 valence electrons. The van der Waals surface area contributed by atoms with E-state index in [1.54, 1.807) is 12.1 Å². The number of aromatic nitrogens is 6. The maximum absolute atomic E-state index is 12.8. The molecule has 1 aliphatic rings. The number of nitrogens with zero attached hydrogens (tertiary/aromatic N) is 6. The van der Waals surface area contributed by atoms with E-state index in [1.165, 1.54) is 17.2 Å². The second-order valence-corrected chi connectivity index (χ2v) is 7.07. The molecule has 10 heteroatoms. The van der Waals surface area contributed by atoms with Crippen molar-refractivity contribution < 1.29 is 13.2 Å². The van der Waals surface area contributed by atoms with Crippen molar-refractivity contribution in [1.29, 1.82) is 0 Å². The van der Waals surface area contributed by atoms with Gasteiger partial charge in [-0.2, -0.15) is 18.3 Å². The summed E-state index contributed by atoms with van der Waals surface area (Å²) in [4.78, 5) is 4.24. The summed E-state index contributed by atoms with van der Waals surface area (Å²) in [6.45, 7) is -1.10. The van der Waals surface area contributed by atoms with Crippen molar-refractivity contribution in [2.45, 2.75) is 31.0 Å². The molecule has 3 heterocycles. The molecule has 0 radical (unpaired) electrons. The number of hydrogen-bond acceptors (Lipinski definition) is 4. The van der Waals surface area contributed by atoms with Crippen molar-refractivity contribution in [3.05, 3.63) is 53.1 Å². The molecular formula is C17H12ClF3N6. The van der Waals surface area contributed by atoms with Gasteiger partial charge in [0, 0.05) is 10.9 Å². The van der Waals surface area contributed by atoms with Crippen molar-refractivity contribution in [2.75, 3.05) is 0 Å². The normalized spacial score (nSPS) is 19.9. The molecule has 0 N–H and O–H groups in total. The van der Waals surface area contributed by atoms with Crippen molar-refractivity contribution in [1.82, 2.24) is 29.6 Å². The zero-order valence-electron chi connectivity index (χ0n) is 13.7. The maximum Gasteiger partial charge on any atom is 0.408 e. The topological polar surface area (TPSA) is 60.9 Å². The average Bonchev–Trinajstić information content (AvgIpc) is 3.10. The first-order chi connectivity index (χ1) is 12.9. The van der Waals surface area contributed by atoms with Crippen molar-refractivity contribution >= 4 is 28.2 Å². The number of benzene rings is 1. The van der Waals surface area contributed by atoms with E-state index >= 15 is 0 Å². The van der Waals surface area contributed by atoms with Gasteiger partial charge in [-0.1, -0.05) is 23.7 Å². The molecule has 1 fully saturated rings. The van der Waals surface area contributed by atoms with Crippen LogP contribution in [0.3, 0.4) is 0 Å². The molecule has 1 aromatic carbocycles. The predicted molar refractivity (Wildman–Crippen MR) is 91.7 cm³/mol. The lowest BCUT2D eigenvalue weighted by Crippen LogP contribution is -2.18. The van der Waals surface area contributed by atoms with Gasteiger partial charge in [0.05, 0.1) is 11.7 Å². The van der Waals surface area contributed by atoms with Gasteiger partial charge >= 0.3 is 6.18 Å². The summed E-state index contributed by atoms with van der Waals surface area (Å²) in [6.07, 6.45) is -0.579. The molecule has 5 rings (SSSR count). The van der Waals surface area contributed by atoms with Crippen LogP contribution in [0.2, 0.25) is 5.15 Å². The molecule has 1 aliphatic carbocycles. The van der Waals surface area contributed by atoms with E-state index in [1.807, 2.05) is 12.1 Å². The summed E-state index contributed by atoms with van der Waals surface area (Å²) in [5.74, 6) is 0.358. The van der Waals surface area contributed by atoms with Crippen molar-refractivity contribution in [2.24, 2.45) is 0 Å². The fraction of sp³-hybridized carbons (Fsp3) is 0.294. The van der Waals surface area contributed by atoms with E-state index in [0.29, 0.717) is 21.7 Å². The minimum atomic E-state index is -4.32. The molecule has 1 saturated carbocycles. The zero-order chi connectivity index (χ0) is 18.8. The van der Waals surface area contributed by atoms with Crippen LogP contribution in [0.15, 0.2) is 36.8 Å². The molecule has 27 heavy (non-hydrogen) atoms. The van der Waals surface area contributed by atoms with Crippen LogP contribution in [-0.4, -0.2) is 35.8 Å². The molecule has 3 aromatic heterocycles. The molecular weight excluding hydrogens is 381 g/mol.